The molecule has 0 unspecified atom stereocenters. The fraction of sp³-hybridized carbons (Fsp3) is 0.611. The highest BCUT2D eigenvalue weighted by molar-refractivity contribution is 5.88. The Hall–Kier alpha value is -1.39. The average molecular weight is 300 g/mol. The smallest absolute Gasteiger partial charge is 0.233 e. The minimum absolute atomic E-state index is 0.330. The van der Waals surface area contributed by atoms with E-state index in [-0.39, 0.29) is 5.41 Å². The maximum absolute atomic E-state index is 13.4. The van der Waals surface area contributed by atoms with Gasteiger partial charge >= 0.3 is 0 Å². The summed E-state index contributed by atoms with van der Waals surface area (Å²) >= 11 is 0. The van der Waals surface area contributed by atoms with E-state index in [2.05, 4.69) is 22.3 Å². The van der Waals surface area contributed by atoms with Crippen molar-refractivity contribution in [1.82, 2.24) is 10.2 Å². The van der Waals surface area contributed by atoms with Crippen LogP contribution in [0.25, 0.3) is 0 Å². The molecule has 0 saturated carbocycles. The molecule has 0 aromatic heterocycles. The summed E-state index contributed by atoms with van der Waals surface area (Å²) in [6.07, 6.45) is 1.61. The maximum atomic E-state index is 13.4. The molecule has 2 atom stereocenters. The lowest BCUT2D eigenvalue weighted by Crippen LogP contribution is -2.49. The van der Waals surface area contributed by atoms with Crippen LogP contribution in [0.2, 0.25) is 0 Å². The number of fused-ring (bicyclic) bond motifs is 1. The van der Waals surface area contributed by atoms with Crippen LogP contribution in [0.15, 0.2) is 30.3 Å². The number of hydrogen-bond donors (Lipinski definition) is 1. The zero-order valence-electron chi connectivity index (χ0n) is 13.0. The van der Waals surface area contributed by atoms with Gasteiger partial charge in [0.05, 0.1) is 5.41 Å². The molecule has 0 spiro atoms. The van der Waals surface area contributed by atoms with Gasteiger partial charge in [0.25, 0.3) is 0 Å². The van der Waals surface area contributed by atoms with Crippen LogP contribution in [-0.4, -0.2) is 50.2 Å². The second-order valence-electron chi connectivity index (χ2n) is 6.95. The maximum Gasteiger partial charge on any atom is 0.233 e. The van der Waals surface area contributed by atoms with Gasteiger partial charge in [-0.05, 0) is 30.2 Å². The van der Waals surface area contributed by atoms with Crippen LogP contribution >= 0.6 is 0 Å². The third kappa shape index (κ3) is 2.25. The molecule has 0 radical (unpaired) electrons. The first kappa shape index (κ1) is 14.2. The minimum atomic E-state index is -0.369. The molecular weight excluding hydrogens is 276 g/mol. The number of carbonyl (C=O) groups is 1. The predicted molar refractivity (Wildman–Crippen MR) is 84.6 cm³/mol. The molecule has 1 N–H and O–H groups in total. The van der Waals surface area contributed by atoms with Gasteiger partial charge in [0.1, 0.15) is 0 Å². The number of carbonyl (C=O) groups excluding carboxylic acids is 1. The third-order valence-corrected chi connectivity index (χ3v) is 5.76. The van der Waals surface area contributed by atoms with E-state index in [4.69, 9.17) is 4.74 Å². The average Bonchev–Trinajstić information content (AvgIpc) is 3.17. The fourth-order valence-electron chi connectivity index (χ4n) is 4.43. The Kier molecular flexibility index (Phi) is 3.66. The molecule has 0 aliphatic carbocycles. The van der Waals surface area contributed by atoms with Crippen molar-refractivity contribution < 1.29 is 9.53 Å². The third-order valence-electron chi connectivity index (χ3n) is 5.76. The minimum Gasteiger partial charge on any atom is -0.381 e. The van der Waals surface area contributed by atoms with Crippen LogP contribution in [0, 0.1) is 11.8 Å². The lowest BCUT2D eigenvalue weighted by atomic mass is 9.73. The first-order chi connectivity index (χ1) is 10.8. The largest absolute Gasteiger partial charge is 0.381 e. The molecule has 3 heterocycles. The molecule has 4 nitrogen and oxygen atoms in total. The van der Waals surface area contributed by atoms with Crippen LogP contribution in [0.5, 0.6) is 0 Å². The molecule has 1 aromatic carbocycles. The number of amides is 1. The van der Waals surface area contributed by atoms with Crippen molar-refractivity contribution >= 4 is 5.91 Å². The lowest BCUT2D eigenvalue weighted by molar-refractivity contribution is -0.140. The number of rotatable bonds is 2. The molecule has 0 bridgehead atoms. The summed E-state index contributed by atoms with van der Waals surface area (Å²) in [5.74, 6) is 1.63. The van der Waals surface area contributed by atoms with Gasteiger partial charge in [-0.3, -0.25) is 4.79 Å². The van der Waals surface area contributed by atoms with Gasteiger partial charge in [0, 0.05) is 39.4 Å². The number of benzene rings is 1. The highest BCUT2D eigenvalue weighted by Gasteiger charge is 2.47. The van der Waals surface area contributed by atoms with E-state index >= 15 is 0 Å². The normalized spacial score (nSPS) is 30.3. The van der Waals surface area contributed by atoms with Crippen LogP contribution < -0.4 is 5.32 Å². The summed E-state index contributed by atoms with van der Waals surface area (Å²) in [5.41, 5.74) is 0.796. The van der Waals surface area contributed by atoms with Crippen molar-refractivity contribution in [3.8, 4) is 0 Å². The summed E-state index contributed by atoms with van der Waals surface area (Å²) in [5, 5.41) is 3.45. The first-order valence-electron chi connectivity index (χ1n) is 8.43. The summed E-state index contributed by atoms with van der Waals surface area (Å²) in [6, 6.07) is 10.3. The molecule has 3 fully saturated rings. The van der Waals surface area contributed by atoms with Gasteiger partial charge in [-0.25, -0.2) is 0 Å². The van der Waals surface area contributed by atoms with Crippen molar-refractivity contribution in [3.63, 3.8) is 0 Å². The SMILES string of the molecule is O=C(N1C[C@H]2CNC[C@H]2C1)C1(c2ccccc2)CCOCC1. The molecule has 1 aromatic rings. The van der Waals surface area contributed by atoms with E-state index in [1.165, 1.54) is 5.56 Å². The molecule has 4 rings (SSSR count). The standard InChI is InChI=1S/C18H24N2O2/c21-17(20-12-14-10-19-11-15(14)13-20)18(6-8-22-9-7-18)16-4-2-1-3-5-16/h1-5,14-15,19H,6-13H2/t14-,15+. The first-order valence-corrected chi connectivity index (χ1v) is 8.43. The topological polar surface area (TPSA) is 41.6 Å². The molecule has 3 saturated heterocycles. The van der Waals surface area contributed by atoms with Crippen molar-refractivity contribution in [2.75, 3.05) is 39.4 Å². The quantitative estimate of drug-likeness (QED) is 0.898. The van der Waals surface area contributed by atoms with Crippen molar-refractivity contribution in [2.45, 2.75) is 18.3 Å². The Labute approximate surface area is 131 Å². The molecular formula is C18H24N2O2. The second kappa shape index (κ2) is 5.67. The van der Waals surface area contributed by atoms with Crippen LogP contribution in [-0.2, 0) is 14.9 Å². The molecule has 1 amide bonds. The van der Waals surface area contributed by atoms with Crippen molar-refractivity contribution in [2.24, 2.45) is 11.8 Å². The lowest BCUT2D eigenvalue weighted by Gasteiger charge is -2.39. The highest BCUT2D eigenvalue weighted by Crippen LogP contribution is 2.39. The van der Waals surface area contributed by atoms with Gasteiger partial charge in [-0.15, -0.1) is 0 Å². The summed E-state index contributed by atoms with van der Waals surface area (Å²) in [7, 11) is 0. The summed E-state index contributed by atoms with van der Waals surface area (Å²) in [4.78, 5) is 15.5. The Morgan fingerprint density at radius 3 is 2.36 bits per heavy atom. The number of nitrogens with zero attached hydrogens (tertiary/aromatic N) is 1. The Balaban J connectivity index is 1.62. The Bertz CT molecular complexity index is 527. The predicted octanol–water partition coefficient (Wildman–Crippen LogP) is 1.41. The van der Waals surface area contributed by atoms with Gasteiger partial charge in [-0.1, -0.05) is 30.3 Å². The van der Waals surface area contributed by atoms with E-state index in [9.17, 15) is 4.79 Å². The van der Waals surface area contributed by atoms with Gasteiger partial charge in [-0.2, -0.15) is 0 Å². The van der Waals surface area contributed by atoms with E-state index in [0.29, 0.717) is 31.0 Å². The van der Waals surface area contributed by atoms with E-state index in [0.717, 1.165) is 39.0 Å². The van der Waals surface area contributed by atoms with E-state index in [1.54, 1.807) is 0 Å². The molecule has 118 valence electrons. The van der Waals surface area contributed by atoms with Gasteiger partial charge < -0.3 is 15.0 Å². The summed E-state index contributed by atoms with van der Waals surface area (Å²) < 4.78 is 5.55. The Morgan fingerprint density at radius 1 is 1.09 bits per heavy atom. The second-order valence-corrected chi connectivity index (χ2v) is 6.95. The number of nitrogens with one attached hydrogen (secondary N) is 1. The molecule has 4 heteroatoms. The van der Waals surface area contributed by atoms with Crippen LogP contribution in [0.1, 0.15) is 18.4 Å². The monoisotopic (exact) mass is 300 g/mol. The number of ether oxygens (including phenoxy) is 1. The van der Waals surface area contributed by atoms with Gasteiger partial charge in [0.2, 0.25) is 5.91 Å². The van der Waals surface area contributed by atoms with Crippen LogP contribution in [0.3, 0.4) is 0 Å². The zero-order valence-corrected chi connectivity index (χ0v) is 13.0. The highest BCUT2D eigenvalue weighted by atomic mass is 16.5. The van der Waals surface area contributed by atoms with E-state index in [1.807, 2.05) is 18.2 Å². The zero-order chi connectivity index (χ0) is 15.0. The van der Waals surface area contributed by atoms with Crippen molar-refractivity contribution in [3.05, 3.63) is 35.9 Å². The summed E-state index contributed by atoms with van der Waals surface area (Å²) in [6.45, 7) is 5.34. The molecule has 3 aliphatic heterocycles. The number of hydrogen-bond acceptors (Lipinski definition) is 3. The molecule has 22 heavy (non-hydrogen) atoms. The van der Waals surface area contributed by atoms with Crippen LogP contribution in [0.4, 0.5) is 0 Å². The Morgan fingerprint density at radius 2 is 1.73 bits per heavy atom. The number of likely N-dealkylation sites (tertiary alicyclic amines) is 1. The van der Waals surface area contributed by atoms with Gasteiger partial charge in [0.15, 0.2) is 0 Å². The molecule has 3 aliphatic rings. The fourth-order valence-corrected chi connectivity index (χ4v) is 4.43. The van der Waals surface area contributed by atoms with E-state index < -0.39 is 0 Å². The van der Waals surface area contributed by atoms with Crippen molar-refractivity contribution in [1.29, 1.82) is 0 Å².